The molecule has 98 valence electrons. The summed E-state index contributed by atoms with van der Waals surface area (Å²) in [5, 5.41) is 3.30. The quantitative estimate of drug-likeness (QED) is 0.766. The van der Waals surface area contributed by atoms with Gasteiger partial charge in [-0.3, -0.25) is 9.56 Å². The van der Waals surface area contributed by atoms with E-state index in [-0.39, 0.29) is 0 Å². The van der Waals surface area contributed by atoms with Gasteiger partial charge in [-0.2, -0.15) is 0 Å². The first-order valence-corrected chi connectivity index (χ1v) is 6.60. The summed E-state index contributed by atoms with van der Waals surface area (Å²) >= 11 is 0. The fraction of sp³-hybridized carbons (Fsp3) is 0.133. The first-order chi connectivity index (χ1) is 9.93. The average molecular weight is 263 g/mol. The Hall–Kier alpha value is -2.69. The Morgan fingerprint density at radius 2 is 2.00 bits per heavy atom. The van der Waals surface area contributed by atoms with Crippen LogP contribution >= 0.6 is 0 Å². The molecule has 3 heterocycles. The second kappa shape index (κ2) is 4.45. The number of rotatable bonds is 2. The highest BCUT2D eigenvalue weighted by molar-refractivity contribution is 6.02. The average Bonchev–Trinajstić information content (AvgIpc) is 3.17. The van der Waals surface area contributed by atoms with E-state index >= 15 is 0 Å². The zero-order valence-corrected chi connectivity index (χ0v) is 10.8. The van der Waals surface area contributed by atoms with E-state index in [9.17, 15) is 0 Å². The van der Waals surface area contributed by atoms with Gasteiger partial charge in [0.1, 0.15) is 18.0 Å². The molecule has 1 N–H and O–H groups in total. The van der Waals surface area contributed by atoms with Crippen LogP contribution in [-0.4, -0.2) is 33.5 Å². The maximum absolute atomic E-state index is 4.52. The second-order valence-electron chi connectivity index (χ2n) is 4.63. The van der Waals surface area contributed by atoms with Crippen LogP contribution in [0.2, 0.25) is 0 Å². The van der Waals surface area contributed by atoms with Gasteiger partial charge in [-0.25, -0.2) is 9.97 Å². The minimum Gasteiger partial charge on any atom is -0.368 e. The Labute approximate surface area is 116 Å². The van der Waals surface area contributed by atoms with E-state index in [4.69, 9.17) is 0 Å². The van der Waals surface area contributed by atoms with Crippen LogP contribution in [0.25, 0.3) is 16.9 Å². The van der Waals surface area contributed by atoms with Crippen molar-refractivity contribution in [1.82, 2.24) is 19.9 Å². The van der Waals surface area contributed by atoms with Crippen LogP contribution in [0.15, 0.2) is 53.9 Å². The molecule has 1 aliphatic rings. The highest BCUT2D eigenvalue weighted by atomic mass is 15.1. The number of nitrogens with one attached hydrogen (secondary N) is 1. The van der Waals surface area contributed by atoms with Crippen molar-refractivity contribution in [2.75, 3.05) is 13.1 Å². The summed E-state index contributed by atoms with van der Waals surface area (Å²) < 4.78 is 2.01. The molecular formula is C15H13N5. The van der Waals surface area contributed by atoms with Crippen LogP contribution in [0, 0.1) is 0 Å². The molecule has 0 atom stereocenters. The van der Waals surface area contributed by atoms with Crippen molar-refractivity contribution in [3.8, 4) is 5.82 Å². The third-order valence-electron chi connectivity index (χ3n) is 3.40. The summed E-state index contributed by atoms with van der Waals surface area (Å²) in [6.45, 7) is 1.70. The molecule has 0 bridgehead atoms. The van der Waals surface area contributed by atoms with Gasteiger partial charge >= 0.3 is 0 Å². The van der Waals surface area contributed by atoms with Gasteiger partial charge in [-0.15, -0.1) is 0 Å². The van der Waals surface area contributed by atoms with Crippen molar-refractivity contribution in [3.63, 3.8) is 0 Å². The van der Waals surface area contributed by atoms with E-state index in [0.717, 1.165) is 41.3 Å². The summed E-state index contributed by atoms with van der Waals surface area (Å²) in [7, 11) is 0. The summed E-state index contributed by atoms with van der Waals surface area (Å²) in [6, 6.07) is 12.0. The number of imidazole rings is 1. The highest BCUT2D eigenvalue weighted by Crippen LogP contribution is 2.19. The molecule has 0 unspecified atom stereocenters. The van der Waals surface area contributed by atoms with Crippen molar-refractivity contribution >= 4 is 16.9 Å². The normalized spacial score (nSPS) is 14.3. The molecular weight excluding hydrogens is 250 g/mol. The number of hydrogen-bond donors (Lipinski definition) is 1. The summed E-state index contributed by atoms with van der Waals surface area (Å²) in [6.07, 6.45) is 3.61. The standard InChI is InChI=1S/C15H13N5/c1-2-6-13-12(5-1)19-10-20(13)15-11(4-3-7-18-15)14-16-8-9-17-14/h1-7,10H,8-9H2,(H,16,17). The molecule has 3 aromatic rings. The Kier molecular flexibility index (Phi) is 2.48. The number of para-hydroxylation sites is 2. The molecule has 0 radical (unpaired) electrons. The number of hydrogen-bond acceptors (Lipinski definition) is 4. The topological polar surface area (TPSA) is 55.1 Å². The van der Waals surface area contributed by atoms with Crippen molar-refractivity contribution < 1.29 is 0 Å². The van der Waals surface area contributed by atoms with Gasteiger partial charge < -0.3 is 5.32 Å². The van der Waals surface area contributed by atoms with E-state index in [1.165, 1.54) is 0 Å². The van der Waals surface area contributed by atoms with Crippen molar-refractivity contribution in [2.45, 2.75) is 0 Å². The summed E-state index contributed by atoms with van der Waals surface area (Å²) in [5.74, 6) is 1.76. The number of nitrogens with zero attached hydrogens (tertiary/aromatic N) is 4. The third kappa shape index (κ3) is 1.67. The largest absolute Gasteiger partial charge is 0.368 e. The van der Waals surface area contributed by atoms with Crippen LogP contribution in [0.3, 0.4) is 0 Å². The van der Waals surface area contributed by atoms with E-state index in [0.29, 0.717) is 0 Å². The van der Waals surface area contributed by atoms with Gasteiger partial charge in [0.05, 0.1) is 23.1 Å². The molecule has 0 saturated heterocycles. The van der Waals surface area contributed by atoms with Gasteiger partial charge in [0.15, 0.2) is 0 Å². The number of aromatic nitrogens is 3. The zero-order valence-electron chi connectivity index (χ0n) is 10.8. The van der Waals surface area contributed by atoms with Crippen molar-refractivity contribution in [3.05, 3.63) is 54.5 Å². The maximum atomic E-state index is 4.52. The molecule has 0 fully saturated rings. The molecule has 0 spiro atoms. The fourth-order valence-corrected chi connectivity index (χ4v) is 2.48. The lowest BCUT2D eigenvalue weighted by molar-refractivity contribution is 0.956. The highest BCUT2D eigenvalue weighted by Gasteiger charge is 2.15. The maximum Gasteiger partial charge on any atom is 0.149 e. The molecule has 0 aliphatic carbocycles. The van der Waals surface area contributed by atoms with Gasteiger partial charge in [-0.05, 0) is 24.3 Å². The molecule has 1 aliphatic heterocycles. The Morgan fingerprint density at radius 1 is 1.05 bits per heavy atom. The first kappa shape index (κ1) is 11.2. The lowest BCUT2D eigenvalue weighted by Gasteiger charge is -2.10. The van der Waals surface area contributed by atoms with E-state index in [1.807, 2.05) is 47.3 Å². The predicted octanol–water partition coefficient (Wildman–Crippen LogP) is 1.77. The van der Waals surface area contributed by atoms with E-state index in [1.54, 1.807) is 6.20 Å². The Morgan fingerprint density at radius 3 is 2.90 bits per heavy atom. The lowest BCUT2D eigenvalue weighted by atomic mass is 10.2. The van der Waals surface area contributed by atoms with Crippen molar-refractivity contribution in [1.29, 1.82) is 0 Å². The van der Waals surface area contributed by atoms with Crippen LogP contribution < -0.4 is 5.32 Å². The van der Waals surface area contributed by atoms with Gasteiger partial charge in [-0.1, -0.05) is 12.1 Å². The zero-order chi connectivity index (χ0) is 13.4. The molecule has 4 rings (SSSR count). The molecule has 0 saturated carbocycles. The van der Waals surface area contributed by atoms with Crippen LogP contribution in [0.5, 0.6) is 0 Å². The predicted molar refractivity (Wildman–Crippen MR) is 78.3 cm³/mol. The first-order valence-electron chi connectivity index (χ1n) is 6.60. The van der Waals surface area contributed by atoms with Gasteiger partial charge in [0.2, 0.25) is 0 Å². The van der Waals surface area contributed by atoms with Crippen LogP contribution in [0.1, 0.15) is 5.56 Å². The number of pyridine rings is 1. The molecule has 1 aromatic carbocycles. The minimum absolute atomic E-state index is 0.814. The monoisotopic (exact) mass is 263 g/mol. The number of amidine groups is 1. The van der Waals surface area contributed by atoms with Gasteiger partial charge in [0, 0.05) is 12.7 Å². The number of aliphatic imine (C=N–C) groups is 1. The summed E-state index contributed by atoms with van der Waals surface area (Å²) in [5.41, 5.74) is 3.02. The smallest absolute Gasteiger partial charge is 0.149 e. The molecule has 5 nitrogen and oxygen atoms in total. The third-order valence-corrected chi connectivity index (χ3v) is 3.40. The van der Waals surface area contributed by atoms with E-state index in [2.05, 4.69) is 20.3 Å². The van der Waals surface area contributed by atoms with Crippen molar-refractivity contribution in [2.24, 2.45) is 4.99 Å². The minimum atomic E-state index is 0.814. The van der Waals surface area contributed by atoms with Crippen LogP contribution in [-0.2, 0) is 0 Å². The Bertz CT molecular complexity index is 803. The molecule has 2 aromatic heterocycles. The van der Waals surface area contributed by atoms with E-state index < -0.39 is 0 Å². The SMILES string of the molecule is c1cnc(-n2cnc3ccccc32)c(C2=NCCN2)c1. The Balaban J connectivity index is 1.94. The molecule has 5 heteroatoms. The lowest BCUT2D eigenvalue weighted by Crippen LogP contribution is -2.21. The number of benzene rings is 1. The van der Waals surface area contributed by atoms with Gasteiger partial charge in [0.25, 0.3) is 0 Å². The summed E-state index contributed by atoms with van der Waals surface area (Å²) in [4.78, 5) is 13.4. The molecule has 20 heavy (non-hydrogen) atoms. The molecule has 0 amide bonds. The fourth-order valence-electron chi connectivity index (χ4n) is 2.48. The number of fused-ring (bicyclic) bond motifs is 1. The second-order valence-corrected chi connectivity index (χ2v) is 4.63. The van der Waals surface area contributed by atoms with Crippen LogP contribution in [0.4, 0.5) is 0 Å².